The second-order valence-electron chi connectivity index (χ2n) is 5.16. The van der Waals surface area contributed by atoms with Crippen molar-refractivity contribution < 1.29 is 0 Å². The number of benzene rings is 3. The molecule has 120 valence electrons. The third-order valence-electron chi connectivity index (χ3n) is 3.39. The SMILES string of the molecule is Ic1ccccc1Sc1ccccc1S/C=C/Cc1ccccc1. The molecule has 0 aliphatic carbocycles. The van der Waals surface area contributed by atoms with Crippen LogP contribution in [0.1, 0.15) is 5.56 Å². The summed E-state index contributed by atoms with van der Waals surface area (Å²) in [6, 6.07) is 27.7. The summed E-state index contributed by atoms with van der Waals surface area (Å²) in [5.74, 6) is 0. The molecule has 0 saturated carbocycles. The average Bonchev–Trinajstić information content (AvgIpc) is 2.63. The van der Waals surface area contributed by atoms with Crippen molar-refractivity contribution in [3.05, 3.63) is 99.5 Å². The van der Waals surface area contributed by atoms with Crippen LogP contribution in [0.25, 0.3) is 0 Å². The van der Waals surface area contributed by atoms with Crippen LogP contribution >= 0.6 is 46.1 Å². The second-order valence-corrected chi connectivity index (χ2v) is 8.35. The Morgan fingerprint density at radius 1 is 0.708 bits per heavy atom. The Balaban J connectivity index is 1.67. The highest BCUT2D eigenvalue weighted by Gasteiger charge is 2.05. The maximum absolute atomic E-state index is 2.40. The van der Waals surface area contributed by atoms with Crippen LogP contribution in [0.3, 0.4) is 0 Å². The molecule has 0 amide bonds. The monoisotopic (exact) mass is 460 g/mol. The zero-order chi connectivity index (χ0) is 16.6. The molecule has 24 heavy (non-hydrogen) atoms. The molecular weight excluding hydrogens is 443 g/mol. The lowest BCUT2D eigenvalue weighted by atomic mass is 10.2. The van der Waals surface area contributed by atoms with Crippen molar-refractivity contribution in [2.75, 3.05) is 0 Å². The molecule has 3 rings (SSSR count). The number of rotatable bonds is 6. The first-order valence-corrected chi connectivity index (χ1v) is 10.5. The molecule has 0 bridgehead atoms. The summed E-state index contributed by atoms with van der Waals surface area (Å²) in [4.78, 5) is 3.90. The molecule has 0 aliphatic rings. The van der Waals surface area contributed by atoms with Gasteiger partial charge in [-0.2, -0.15) is 0 Å². The quantitative estimate of drug-likeness (QED) is 0.280. The smallest absolute Gasteiger partial charge is 0.0269 e. The lowest BCUT2D eigenvalue weighted by molar-refractivity contribution is 1.24. The average molecular weight is 460 g/mol. The lowest BCUT2D eigenvalue weighted by Gasteiger charge is -2.08. The van der Waals surface area contributed by atoms with Crippen molar-refractivity contribution in [3.8, 4) is 0 Å². The normalized spacial score (nSPS) is 11.0. The fourth-order valence-corrected chi connectivity index (χ4v) is 4.73. The van der Waals surface area contributed by atoms with Gasteiger partial charge in [-0.05, 0) is 64.2 Å². The molecule has 0 aliphatic heterocycles. The first kappa shape index (κ1) is 17.6. The van der Waals surface area contributed by atoms with Crippen LogP contribution in [0.4, 0.5) is 0 Å². The van der Waals surface area contributed by atoms with Gasteiger partial charge in [0.2, 0.25) is 0 Å². The van der Waals surface area contributed by atoms with E-state index in [1.54, 1.807) is 11.8 Å². The van der Waals surface area contributed by atoms with Crippen molar-refractivity contribution in [1.29, 1.82) is 0 Å². The van der Waals surface area contributed by atoms with Gasteiger partial charge in [-0.1, -0.05) is 84.2 Å². The van der Waals surface area contributed by atoms with E-state index in [9.17, 15) is 0 Å². The van der Waals surface area contributed by atoms with Gasteiger partial charge in [0, 0.05) is 18.3 Å². The Morgan fingerprint density at radius 2 is 1.33 bits per heavy atom. The fraction of sp³-hybridized carbons (Fsp3) is 0.0476. The predicted molar refractivity (Wildman–Crippen MR) is 115 cm³/mol. The van der Waals surface area contributed by atoms with Gasteiger partial charge in [-0.15, -0.1) is 0 Å². The molecule has 0 spiro atoms. The summed E-state index contributed by atoms with van der Waals surface area (Å²) < 4.78 is 1.29. The molecule has 3 aromatic rings. The Kier molecular flexibility index (Phi) is 6.87. The van der Waals surface area contributed by atoms with Crippen LogP contribution in [-0.2, 0) is 6.42 Å². The highest BCUT2D eigenvalue weighted by molar-refractivity contribution is 14.1. The Bertz CT molecular complexity index is 813. The number of hydrogen-bond donors (Lipinski definition) is 0. The molecule has 3 heteroatoms. The van der Waals surface area contributed by atoms with Crippen LogP contribution in [0.15, 0.2) is 105 Å². The van der Waals surface area contributed by atoms with Gasteiger partial charge in [0.25, 0.3) is 0 Å². The van der Waals surface area contributed by atoms with E-state index < -0.39 is 0 Å². The van der Waals surface area contributed by atoms with Crippen LogP contribution in [0.2, 0.25) is 0 Å². The Labute approximate surface area is 165 Å². The van der Waals surface area contributed by atoms with E-state index in [-0.39, 0.29) is 0 Å². The fourth-order valence-electron chi connectivity index (χ4n) is 2.20. The third kappa shape index (κ3) is 5.16. The van der Waals surface area contributed by atoms with E-state index in [2.05, 4.69) is 113 Å². The summed E-state index contributed by atoms with van der Waals surface area (Å²) in [5.41, 5.74) is 1.34. The van der Waals surface area contributed by atoms with Gasteiger partial charge in [-0.25, -0.2) is 0 Å². The predicted octanol–water partition coefficient (Wildman–Crippen LogP) is 7.29. The van der Waals surface area contributed by atoms with E-state index in [1.807, 2.05) is 11.8 Å². The van der Waals surface area contributed by atoms with Crippen LogP contribution < -0.4 is 0 Å². The minimum absolute atomic E-state index is 0.972. The summed E-state index contributed by atoms with van der Waals surface area (Å²) >= 11 is 6.02. The van der Waals surface area contributed by atoms with Crippen molar-refractivity contribution >= 4 is 46.1 Å². The molecular formula is C21H17IS2. The highest BCUT2D eigenvalue weighted by Crippen LogP contribution is 2.37. The minimum Gasteiger partial charge on any atom is -0.0972 e. The van der Waals surface area contributed by atoms with E-state index >= 15 is 0 Å². The Hall–Kier alpha value is -1.17. The summed E-state index contributed by atoms with van der Waals surface area (Å²) in [6.45, 7) is 0. The molecule has 0 heterocycles. The first-order valence-electron chi connectivity index (χ1n) is 7.70. The molecule has 0 N–H and O–H groups in total. The number of thioether (sulfide) groups is 1. The van der Waals surface area contributed by atoms with Gasteiger partial charge in [0.05, 0.1) is 0 Å². The summed E-state index contributed by atoms with van der Waals surface area (Å²) in [6.07, 6.45) is 3.20. The third-order valence-corrected chi connectivity index (χ3v) is 6.92. The van der Waals surface area contributed by atoms with Gasteiger partial charge < -0.3 is 0 Å². The van der Waals surface area contributed by atoms with Crippen molar-refractivity contribution in [3.63, 3.8) is 0 Å². The standard InChI is InChI=1S/C21H17IS2/c22-18-12-4-5-13-19(18)24-21-15-7-6-14-20(21)23-16-8-11-17-9-2-1-3-10-17/h1-10,12-16H,11H2/b16-8+. The number of allylic oxidation sites excluding steroid dienone is 1. The molecule has 0 saturated heterocycles. The topological polar surface area (TPSA) is 0 Å². The number of hydrogen-bond acceptors (Lipinski definition) is 2. The van der Waals surface area contributed by atoms with Gasteiger partial charge in [0.15, 0.2) is 0 Å². The van der Waals surface area contributed by atoms with Crippen LogP contribution in [0, 0.1) is 3.57 Å². The highest BCUT2D eigenvalue weighted by atomic mass is 127. The molecule has 0 fully saturated rings. The van der Waals surface area contributed by atoms with Crippen molar-refractivity contribution in [1.82, 2.24) is 0 Å². The molecule has 0 aromatic heterocycles. The van der Waals surface area contributed by atoms with Crippen molar-refractivity contribution in [2.45, 2.75) is 21.1 Å². The number of halogens is 1. The summed E-state index contributed by atoms with van der Waals surface area (Å²) in [5, 5.41) is 2.20. The second kappa shape index (κ2) is 9.35. The zero-order valence-electron chi connectivity index (χ0n) is 13.1. The Morgan fingerprint density at radius 3 is 2.08 bits per heavy atom. The van der Waals surface area contributed by atoms with Crippen molar-refractivity contribution in [2.24, 2.45) is 0 Å². The van der Waals surface area contributed by atoms with E-state index in [0.29, 0.717) is 0 Å². The molecule has 0 atom stereocenters. The molecule has 0 nitrogen and oxygen atoms in total. The molecule has 0 radical (unpaired) electrons. The van der Waals surface area contributed by atoms with E-state index in [1.165, 1.54) is 23.8 Å². The largest absolute Gasteiger partial charge is 0.0972 e. The van der Waals surface area contributed by atoms with E-state index in [4.69, 9.17) is 0 Å². The van der Waals surface area contributed by atoms with Gasteiger partial charge in [-0.3, -0.25) is 0 Å². The summed E-state index contributed by atoms with van der Waals surface area (Å²) in [7, 11) is 0. The minimum atomic E-state index is 0.972. The van der Waals surface area contributed by atoms with Gasteiger partial charge >= 0.3 is 0 Å². The van der Waals surface area contributed by atoms with Crippen LogP contribution in [0.5, 0.6) is 0 Å². The van der Waals surface area contributed by atoms with Gasteiger partial charge in [0.1, 0.15) is 0 Å². The van der Waals surface area contributed by atoms with E-state index in [0.717, 1.165) is 6.42 Å². The maximum atomic E-state index is 2.40. The molecule has 3 aromatic carbocycles. The maximum Gasteiger partial charge on any atom is 0.0269 e. The molecule has 0 unspecified atom stereocenters. The van der Waals surface area contributed by atoms with Crippen LogP contribution in [-0.4, -0.2) is 0 Å². The zero-order valence-corrected chi connectivity index (χ0v) is 16.9. The first-order chi connectivity index (χ1) is 11.8. The lowest BCUT2D eigenvalue weighted by Crippen LogP contribution is -1.81.